The van der Waals surface area contributed by atoms with Crippen LogP contribution in [0.3, 0.4) is 0 Å². The summed E-state index contributed by atoms with van der Waals surface area (Å²) in [6.07, 6.45) is 5.53. The quantitative estimate of drug-likeness (QED) is 0.687. The molecule has 2 aliphatic heterocycles. The zero-order chi connectivity index (χ0) is 20.9. The van der Waals surface area contributed by atoms with Crippen LogP contribution in [-0.4, -0.2) is 72.4 Å². The molecule has 8 heteroatoms. The standard InChI is InChI=1S/C20H39N3O4S/c1-17(2)23(19(24)27-20(3,4)5)16-18-11-10-14-22(15-18)28(25,26)21-12-8-6-7-9-13-21/h17-18H,6-16H2,1-5H3. The summed E-state index contributed by atoms with van der Waals surface area (Å²) in [7, 11) is -3.41. The predicted molar refractivity (Wildman–Crippen MR) is 111 cm³/mol. The number of ether oxygens (including phenoxy) is 1. The van der Waals surface area contributed by atoms with E-state index in [1.807, 2.05) is 34.6 Å². The largest absolute Gasteiger partial charge is 0.444 e. The van der Waals surface area contributed by atoms with Gasteiger partial charge in [-0.3, -0.25) is 0 Å². The Morgan fingerprint density at radius 2 is 1.61 bits per heavy atom. The summed E-state index contributed by atoms with van der Waals surface area (Å²) < 4.78 is 35.1. The highest BCUT2D eigenvalue weighted by Gasteiger charge is 2.35. The molecule has 2 heterocycles. The van der Waals surface area contributed by atoms with Crippen molar-refractivity contribution in [3.8, 4) is 0 Å². The minimum atomic E-state index is -3.41. The lowest BCUT2D eigenvalue weighted by atomic mass is 9.98. The first-order valence-corrected chi connectivity index (χ1v) is 12.2. The molecule has 2 rings (SSSR count). The van der Waals surface area contributed by atoms with Gasteiger partial charge in [0.2, 0.25) is 0 Å². The van der Waals surface area contributed by atoms with Gasteiger partial charge in [0.15, 0.2) is 0 Å². The third-order valence-electron chi connectivity index (χ3n) is 5.41. The van der Waals surface area contributed by atoms with Crippen molar-refractivity contribution in [1.82, 2.24) is 13.5 Å². The Balaban J connectivity index is 2.03. The molecule has 1 unspecified atom stereocenters. The van der Waals surface area contributed by atoms with Gasteiger partial charge in [0.25, 0.3) is 10.2 Å². The van der Waals surface area contributed by atoms with Gasteiger partial charge in [0.1, 0.15) is 5.60 Å². The van der Waals surface area contributed by atoms with E-state index in [0.29, 0.717) is 32.7 Å². The first-order valence-electron chi connectivity index (χ1n) is 10.8. The molecule has 0 radical (unpaired) electrons. The van der Waals surface area contributed by atoms with Gasteiger partial charge in [-0.25, -0.2) is 4.79 Å². The number of carbonyl (C=O) groups excluding carboxylic acids is 1. The number of amides is 1. The van der Waals surface area contributed by atoms with E-state index in [9.17, 15) is 13.2 Å². The summed E-state index contributed by atoms with van der Waals surface area (Å²) in [6, 6.07) is 0.00689. The molecule has 1 atom stereocenters. The monoisotopic (exact) mass is 417 g/mol. The molecule has 1 amide bonds. The molecule has 0 aromatic rings. The van der Waals surface area contributed by atoms with Gasteiger partial charge in [-0.2, -0.15) is 17.0 Å². The van der Waals surface area contributed by atoms with Crippen LogP contribution >= 0.6 is 0 Å². The smallest absolute Gasteiger partial charge is 0.410 e. The van der Waals surface area contributed by atoms with Crippen LogP contribution in [0.1, 0.15) is 73.1 Å². The van der Waals surface area contributed by atoms with E-state index in [1.54, 1.807) is 13.5 Å². The Morgan fingerprint density at radius 3 is 2.14 bits per heavy atom. The molecule has 0 aromatic heterocycles. The first-order chi connectivity index (χ1) is 13.0. The molecule has 7 nitrogen and oxygen atoms in total. The van der Waals surface area contributed by atoms with E-state index in [-0.39, 0.29) is 18.1 Å². The van der Waals surface area contributed by atoms with E-state index >= 15 is 0 Å². The summed E-state index contributed by atoms with van der Waals surface area (Å²) in [5.41, 5.74) is -0.543. The molecule has 0 saturated carbocycles. The van der Waals surface area contributed by atoms with Crippen LogP contribution in [0.5, 0.6) is 0 Å². The second-order valence-corrected chi connectivity index (χ2v) is 11.3. The van der Waals surface area contributed by atoms with Crippen LogP contribution in [0.25, 0.3) is 0 Å². The van der Waals surface area contributed by atoms with Gasteiger partial charge in [-0.05, 0) is 66.2 Å². The Labute approximate surface area is 171 Å². The highest BCUT2D eigenvalue weighted by atomic mass is 32.2. The van der Waals surface area contributed by atoms with Gasteiger partial charge in [-0.1, -0.05) is 12.8 Å². The summed E-state index contributed by atoms with van der Waals surface area (Å²) >= 11 is 0. The minimum absolute atomic E-state index is 0.00689. The van der Waals surface area contributed by atoms with Gasteiger partial charge in [-0.15, -0.1) is 0 Å². The third kappa shape index (κ3) is 6.59. The van der Waals surface area contributed by atoms with Gasteiger partial charge in [0.05, 0.1) is 0 Å². The molecule has 2 fully saturated rings. The Hall–Kier alpha value is -0.860. The number of hydrogen-bond acceptors (Lipinski definition) is 4. The van der Waals surface area contributed by atoms with Crippen LogP contribution in [0, 0.1) is 5.92 Å². The normalized spacial score (nSPS) is 23.4. The number of hydrogen-bond donors (Lipinski definition) is 0. The summed E-state index contributed by atoms with van der Waals surface area (Å²) in [5.74, 6) is 0.130. The lowest BCUT2D eigenvalue weighted by molar-refractivity contribution is 0.0137. The average Bonchev–Trinajstić information content (AvgIpc) is 2.88. The van der Waals surface area contributed by atoms with Crippen LogP contribution in [0.15, 0.2) is 0 Å². The lowest BCUT2D eigenvalue weighted by Crippen LogP contribution is -2.51. The van der Waals surface area contributed by atoms with Crippen molar-refractivity contribution in [3.63, 3.8) is 0 Å². The lowest BCUT2D eigenvalue weighted by Gasteiger charge is -2.38. The maximum Gasteiger partial charge on any atom is 0.410 e. The molecule has 0 bridgehead atoms. The van der Waals surface area contributed by atoms with Crippen molar-refractivity contribution < 1.29 is 17.9 Å². The van der Waals surface area contributed by atoms with E-state index in [2.05, 4.69) is 0 Å². The fraction of sp³-hybridized carbons (Fsp3) is 0.950. The van der Waals surface area contributed by atoms with Crippen molar-refractivity contribution in [1.29, 1.82) is 0 Å². The fourth-order valence-electron chi connectivity index (χ4n) is 3.92. The molecule has 0 N–H and O–H groups in total. The highest BCUT2D eigenvalue weighted by molar-refractivity contribution is 7.86. The second-order valence-electron chi connectivity index (χ2n) is 9.41. The van der Waals surface area contributed by atoms with Gasteiger partial charge in [0, 0.05) is 38.8 Å². The number of rotatable bonds is 5. The SMILES string of the molecule is CC(C)N(CC1CCCN(S(=O)(=O)N2CCCCCC2)C1)C(=O)OC(C)(C)C. The summed E-state index contributed by atoms with van der Waals surface area (Å²) in [6.45, 7) is 12.3. The first kappa shape index (κ1) is 23.4. The topological polar surface area (TPSA) is 70.2 Å². The van der Waals surface area contributed by atoms with Crippen LogP contribution < -0.4 is 0 Å². The highest BCUT2D eigenvalue weighted by Crippen LogP contribution is 2.25. The van der Waals surface area contributed by atoms with Crippen molar-refractivity contribution in [3.05, 3.63) is 0 Å². The van der Waals surface area contributed by atoms with Crippen LogP contribution in [-0.2, 0) is 14.9 Å². The van der Waals surface area contributed by atoms with Gasteiger partial charge >= 0.3 is 6.09 Å². The van der Waals surface area contributed by atoms with Crippen LogP contribution in [0.4, 0.5) is 4.79 Å². The molecule has 0 aromatic carbocycles. The molecule has 2 saturated heterocycles. The molecular weight excluding hydrogens is 378 g/mol. The Bertz CT molecular complexity index is 607. The summed E-state index contributed by atoms with van der Waals surface area (Å²) in [4.78, 5) is 14.3. The van der Waals surface area contributed by atoms with Gasteiger partial charge < -0.3 is 9.64 Å². The zero-order valence-electron chi connectivity index (χ0n) is 18.3. The molecule has 28 heavy (non-hydrogen) atoms. The van der Waals surface area contributed by atoms with E-state index in [1.165, 1.54) is 0 Å². The third-order valence-corrected chi connectivity index (χ3v) is 7.41. The maximum atomic E-state index is 13.1. The molecule has 0 spiro atoms. The minimum Gasteiger partial charge on any atom is -0.444 e. The molecule has 0 aliphatic carbocycles. The van der Waals surface area contributed by atoms with Crippen LogP contribution in [0.2, 0.25) is 0 Å². The number of nitrogens with zero attached hydrogens (tertiary/aromatic N) is 3. The fourth-order valence-corrected chi connectivity index (χ4v) is 5.72. The second kappa shape index (κ2) is 9.76. The van der Waals surface area contributed by atoms with Crippen molar-refractivity contribution in [2.75, 3.05) is 32.7 Å². The van der Waals surface area contributed by atoms with E-state index in [0.717, 1.165) is 38.5 Å². The zero-order valence-corrected chi connectivity index (χ0v) is 19.1. The van der Waals surface area contributed by atoms with Crippen molar-refractivity contribution in [2.24, 2.45) is 5.92 Å². The number of carbonyl (C=O) groups is 1. The maximum absolute atomic E-state index is 13.1. The molecule has 2 aliphatic rings. The number of piperidine rings is 1. The van der Waals surface area contributed by atoms with Crippen molar-refractivity contribution in [2.45, 2.75) is 84.8 Å². The average molecular weight is 418 g/mol. The Kier molecular flexibility index (Phi) is 8.16. The van der Waals surface area contributed by atoms with Crippen molar-refractivity contribution >= 4 is 16.3 Å². The Morgan fingerprint density at radius 1 is 1.04 bits per heavy atom. The predicted octanol–water partition coefficient (Wildman–Crippen LogP) is 3.46. The van der Waals surface area contributed by atoms with E-state index in [4.69, 9.17) is 4.74 Å². The molecular formula is C20H39N3O4S. The van der Waals surface area contributed by atoms with E-state index < -0.39 is 15.8 Å². The molecule has 164 valence electrons. The summed E-state index contributed by atoms with van der Waals surface area (Å²) in [5, 5.41) is 0.